The first kappa shape index (κ1) is 27.1. The Morgan fingerprint density at radius 1 is 1.00 bits per heavy atom. The summed E-state index contributed by atoms with van der Waals surface area (Å²) in [4.78, 5) is 48.7. The highest BCUT2D eigenvalue weighted by atomic mass is 19.1. The Labute approximate surface area is 237 Å². The molecule has 5 aromatic rings. The highest BCUT2D eigenvalue weighted by Gasteiger charge is 2.23. The minimum Gasteiger partial charge on any atom is -0.497 e. The van der Waals surface area contributed by atoms with E-state index in [-0.39, 0.29) is 16.6 Å². The van der Waals surface area contributed by atoms with Gasteiger partial charge in [-0.3, -0.25) is 14.5 Å². The number of pyridine rings is 1. The predicted octanol–water partition coefficient (Wildman–Crippen LogP) is 3.53. The number of hydrogen-bond donors (Lipinski definition) is 2. The maximum atomic E-state index is 15.4. The van der Waals surface area contributed by atoms with E-state index >= 15 is 4.39 Å². The number of fused-ring (bicyclic) bond motifs is 2. The molecule has 1 aliphatic heterocycles. The van der Waals surface area contributed by atoms with E-state index in [0.717, 1.165) is 6.07 Å². The zero-order valence-corrected chi connectivity index (χ0v) is 22.4. The molecule has 0 saturated carbocycles. The number of hydrogen-bond acceptors (Lipinski definition) is 7. The monoisotopic (exact) mass is 573 g/mol. The highest BCUT2D eigenvalue weighted by Crippen LogP contribution is 2.28. The van der Waals surface area contributed by atoms with E-state index in [2.05, 4.69) is 14.9 Å². The van der Waals surface area contributed by atoms with Gasteiger partial charge in [-0.25, -0.2) is 18.6 Å². The molecule has 2 aromatic heterocycles. The largest absolute Gasteiger partial charge is 0.497 e. The lowest BCUT2D eigenvalue weighted by Crippen LogP contribution is -2.46. The molecule has 0 aliphatic carbocycles. The third kappa shape index (κ3) is 4.96. The minimum absolute atomic E-state index is 0.0944. The van der Waals surface area contributed by atoms with Crippen LogP contribution in [0.1, 0.15) is 16.2 Å². The van der Waals surface area contributed by atoms with Crippen LogP contribution >= 0.6 is 0 Å². The van der Waals surface area contributed by atoms with Crippen LogP contribution in [0.5, 0.6) is 5.75 Å². The Bertz CT molecular complexity index is 1960. The van der Waals surface area contributed by atoms with E-state index in [1.165, 1.54) is 48.2 Å². The van der Waals surface area contributed by atoms with Crippen molar-refractivity contribution in [2.24, 2.45) is 0 Å². The quantitative estimate of drug-likeness (QED) is 0.317. The Morgan fingerprint density at radius 2 is 1.74 bits per heavy atom. The molecule has 0 amide bonds. The van der Waals surface area contributed by atoms with Crippen molar-refractivity contribution in [3.8, 4) is 11.4 Å². The summed E-state index contributed by atoms with van der Waals surface area (Å²) in [6.45, 7) is 2.39. The normalized spacial score (nSPS) is 14.0. The van der Waals surface area contributed by atoms with Gasteiger partial charge in [-0.1, -0.05) is 0 Å². The SMILES string of the molecule is COc1ccc2nc(CN3CCN(c4cc5c(cc4F)c(=O)c(C(=O)O)cn5-c4ccc(F)cc4)CC3)[nH]c(=O)c2c1. The van der Waals surface area contributed by atoms with Crippen molar-refractivity contribution < 1.29 is 23.4 Å². The fourth-order valence-electron chi connectivity index (χ4n) is 5.27. The fourth-order valence-corrected chi connectivity index (χ4v) is 5.27. The van der Waals surface area contributed by atoms with Gasteiger partial charge in [0, 0.05) is 43.4 Å². The number of methoxy groups -OCH3 is 1. The number of aromatic amines is 1. The molecule has 1 saturated heterocycles. The van der Waals surface area contributed by atoms with Crippen molar-refractivity contribution in [1.29, 1.82) is 0 Å². The minimum atomic E-state index is -1.44. The number of rotatable bonds is 6. The zero-order valence-electron chi connectivity index (χ0n) is 22.4. The van der Waals surface area contributed by atoms with E-state index < -0.39 is 28.6 Å². The van der Waals surface area contributed by atoms with Gasteiger partial charge in [-0.15, -0.1) is 0 Å². The van der Waals surface area contributed by atoms with E-state index in [4.69, 9.17) is 4.74 Å². The van der Waals surface area contributed by atoms with E-state index in [0.29, 0.717) is 66.4 Å². The first-order valence-corrected chi connectivity index (χ1v) is 13.1. The van der Waals surface area contributed by atoms with Crippen LogP contribution < -0.4 is 20.6 Å². The van der Waals surface area contributed by atoms with Crippen LogP contribution in [0.25, 0.3) is 27.5 Å². The highest BCUT2D eigenvalue weighted by molar-refractivity contribution is 5.94. The molecule has 1 aliphatic rings. The van der Waals surface area contributed by atoms with Gasteiger partial charge in [-0.05, 0) is 54.6 Å². The Hall–Kier alpha value is -5.10. The molecular weight excluding hydrogens is 548 g/mol. The number of benzene rings is 3. The number of nitrogens with zero attached hydrogens (tertiary/aromatic N) is 4. The molecule has 0 bridgehead atoms. The summed E-state index contributed by atoms with van der Waals surface area (Å²) < 4.78 is 35.7. The Kier molecular flexibility index (Phi) is 6.91. The number of anilines is 1. The van der Waals surface area contributed by atoms with Gasteiger partial charge >= 0.3 is 5.97 Å². The van der Waals surface area contributed by atoms with Crippen molar-refractivity contribution in [3.63, 3.8) is 0 Å². The predicted molar refractivity (Wildman–Crippen MR) is 153 cm³/mol. The van der Waals surface area contributed by atoms with E-state index in [9.17, 15) is 23.9 Å². The second-order valence-corrected chi connectivity index (χ2v) is 10.0. The number of H-pyrrole nitrogens is 1. The van der Waals surface area contributed by atoms with Gasteiger partial charge in [0.2, 0.25) is 5.43 Å². The lowest BCUT2D eigenvalue weighted by Gasteiger charge is -2.36. The molecule has 214 valence electrons. The van der Waals surface area contributed by atoms with Crippen LogP contribution in [0, 0.1) is 11.6 Å². The van der Waals surface area contributed by atoms with Gasteiger partial charge in [-0.2, -0.15) is 0 Å². The first-order valence-electron chi connectivity index (χ1n) is 13.1. The number of ether oxygens (including phenoxy) is 1. The summed E-state index contributed by atoms with van der Waals surface area (Å²) in [5.74, 6) is -1.50. The van der Waals surface area contributed by atoms with Crippen LogP contribution in [-0.2, 0) is 6.54 Å². The molecule has 0 radical (unpaired) electrons. The molecule has 1 fully saturated rings. The molecule has 0 unspecified atom stereocenters. The van der Waals surface area contributed by atoms with Gasteiger partial charge < -0.3 is 24.3 Å². The standard InChI is InChI=1S/C30H25F2N5O5/c1-42-19-6-7-24-20(12-19)29(39)34-27(33-24)16-35-8-10-36(11-9-35)26-14-25-21(13-23(26)32)28(38)22(30(40)41)15-37(25)18-4-2-17(31)3-5-18/h2-7,12-15H,8-11,16H2,1H3,(H,40,41)(H,33,34,39). The molecular formula is C30H25F2N5O5. The lowest BCUT2D eigenvalue weighted by atomic mass is 10.1. The maximum Gasteiger partial charge on any atom is 0.341 e. The number of carboxylic acid groups (broad SMARTS) is 1. The molecule has 0 spiro atoms. The summed E-state index contributed by atoms with van der Waals surface area (Å²) in [5.41, 5.74) is -0.0551. The summed E-state index contributed by atoms with van der Waals surface area (Å²) in [5, 5.41) is 9.92. The second-order valence-electron chi connectivity index (χ2n) is 10.0. The number of carboxylic acids is 1. The van der Waals surface area contributed by atoms with Gasteiger partial charge in [0.15, 0.2) is 0 Å². The maximum absolute atomic E-state index is 15.4. The Morgan fingerprint density at radius 3 is 2.43 bits per heavy atom. The molecule has 42 heavy (non-hydrogen) atoms. The van der Waals surface area contributed by atoms with Crippen LogP contribution in [-0.4, -0.2) is 63.8 Å². The molecule has 3 heterocycles. The van der Waals surface area contributed by atoms with Crippen molar-refractivity contribution >= 4 is 33.5 Å². The number of nitrogens with one attached hydrogen (secondary N) is 1. The van der Waals surface area contributed by atoms with Crippen molar-refractivity contribution in [1.82, 2.24) is 19.4 Å². The number of piperazine rings is 1. The number of aromatic nitrogens is 3. The third-order valence-electron chi connectivity index (χ3n) is 7.46. The van der Waals surface area contributed by atoms with Crippen molar-refractivity contribution in [2.45, 2.75) is 6.54 Å². The third-order valence-corrected chi connectivity index (χ3v) is 7.46. The topological polar surface area (TPSA) is 121 Å². The molecule has 2 N–H and O–H groups in total. The molecule has 12 heteroatoms. The summed E-state index contributed by atoms with van der Waals surface area (Å²) in [6.07, 6.45) is 1.17. The molecule has 0 atom stereocenters. The second kappa shape index (κ2) is 10.7. The molecule has 10 nitrogen and oxygen atoms in total. The van der Waals surface area contributed by atoms with Gasteiger partial charge in [0.1, 0.15) is 28.8 Å². The summed E-state index contributed by atoms with van der Waals surface area (Å²) in [7, 11) is 1.53. The van der Waals surface area contributed by atoms with Crippen LogP contribution in [0.3, 0.4) is 0 Å². The average molecular weight is 574 g/mol. The Balaban J connectivity index is 1.28. The number of halogens is 2. The first-order chi connectivity index (χ1) is 20.2. The van der Waals surface area contributed by atoms with E-state index in [1.54, 1.807) is 18.2 Å². The fraction of sp³-hybridized carbons (Fsp3) is 0.200. The smallest absolute Gasteiger partial charge is 0.341 e. The molecule has 6 rings (SSSR count). The average Bonchev–Trinajstić information content (AvgIpc) is 2.98. The number of aromatic carboxylic acids is 1. The molecule has 3 aromatic carbocycles. The van der Waals surface area contributed by atoms with E-state index in [1.807, 2.05) is 4.90 Å². The van der Waals surface area contributed by atoms with Crippen molar-refractivity contribution in [3.05, 3.63) is 104 Å². The number of carbonyl (C=O) groups is 1. The van der Waals surface area contributed by atoms with Gasteiger partial charge in [0.25, 0.3) is 5.56 Å². The summed E-state index contributed by atoms with van der Waals surface area (Å²) >= 11 is 0. The van der Waals surface area contributed by atoms with Crippen LogP contribution in [0.2, 0.25) is 0 Å². The summed E-state index contributed by atoms with van der Waals surface area (Å²) in [6, 6.07) is 13.0. The van der Waals surface area contributed by atoms with Crippen molar-refractivity contribution in [2.75, 3.05) is 38.2 Å². The zero-order chi connectivity index (χ0) is 29.5. The lowest BCUT2D eigenvalue weighted by molar-refractivity contribution is 0.0695. The van der Waals surface area contributed by atoms with Crippen LogP contribution in [0.15, 0.2) is 70.4 Å². The van der Waals surface area contributed by atoms with Crippen LogP contribution in [0.4, 0.5) is 14.5 Å². The van der Waals surface area contributed by atoms with Gasteiger partial charge in [0.05, 0.1) is 35.8 Å².